The van der Waals surface area contributed by atoms with Crippen molar-refractivity contribution in [3.63, 3.8) is 0 Å². The van der Waals surface area contributed by atoms with E-state index >= 15 is 0 Å². The van der Waals surface area contributed by atoms with Gasteiger partial charge in [-0.05, 0) is 37.5 Å². The van der Waals surface area contributed by atoms with Crippen molar-refractivity contribution < 1.29 is 4.39 Å². The second kappa shape index (κ2) is 7.08. The van der Waals surface area contributed by atoms with E-state index in [0.717, 1.165) is 31.6 Å². The highest BCUT2D eigenvalue weighted by Crippen LogP contribution is 2.24. The van der Waals surface area contributed by atoms with Crippen LogP contribution in [0.25, 0.3) is 0 Å². The molecule has 0 aromatic heterocycles. The molecular weight excluding hydrogens is 287 g/mol. The summed E-state index contributed by atoms with van der Waals surface area (Å²) in [6.07, 6.45) is 3.43. The molecule has 118 valence electrons. The number of benzene rings is 1. The highest BCUT2D eigenvalue weighted by Gasteiger charge is 2.33. The molecule has 2 rings (SSSR count). The summed E-state index contributed by atoms with van der Waals surface area (Å²) in [5, 5.41) is 3.88. The average Bonchev–Trinajstić information content (AvgIpc) is 2.46. The zero-order valence-electron chi connectivity index (χ0n) is 13.3. The van der Waals surface area contributed by atoms with E-state index in [4.69, 9.17) is 11.6 Å². The first-order chi connectivity index (χ1) is 9.97. The first kappa shape index (κ1) is 16.7. The molecule has 0 aliphatic carbocycles. The van der Waals surface area contributed by atoms with Gasteiger partial charge in [-0.15, -0.1) is 0 Å². The monoisotopic (exact) mass is 312 g/mol. The number of hydrogen-bond acceptors (Lipinski definition) is 2. The van der Waals surface area contributed by atoms with Gasteiger partial charge in [0, 0.05) is 31.2 Å². The van der Waals surface area contributed by atoms with Crippen molar-refractivity contribution in [3.8, 4) is 0 Å². The maximum absolute atomic E-state index is 13.6. The van der Waals surface area contributed by atoms with Crippen molar-refractivity contribution >= 4 is 11.6 Å². The number of hydrogen-bond donors (Lipinski definition) is 1. The zero-order chi connectivity index (χ0) is 15.5. The molecule has 0 bridgehead atoms. The molecule has 2 unspecified atom stereocenters. The quantitative estimate of drug-likeness (QED) is 0.875. The van der Waals surface area contributed by atoms with Crippen LogP contribution in [0, 0.1) is 5.82 Å². The van der Waals surface area contributed by atoms with Crippen LogP contribution in [0.2, 0.25) is 5.02 Å². The third kappa shape index (κ3) is 4.18. The maximum Gasteiger partial charge on any atom is 0.142 e. The largest absolute Gasteiger partial charge is 0.309 e. The minimum Gasteiger partial charge on any atom is -0.309 e. The third-order valence-corrected chi connectivity index (χ3v) is 4.91. The topological polar surface area (TPSA) is 15.3 Å². The van der Waals surface area contributed by atoms with Crippen LogP contribution < -0.4 is 5.32 Å². The summed E-state index contributed by atoms with van der Waals surface area (Å²) in [5.41, 5.74) is 1.15. The van der Waals surface area contributed by atoms with Gasteiger partial charge in [0.25, 0.3) is 0 Å². The highest BCUT2D eigenvalue weighted by atomic mass is 35.5. The number of nitrogens with one attached hydrogen (secondary N) is 1. The molecular formula is C17H26ClFN2. The van der Waals surface area contributed by atoms with E-state index in [2.05, 4.69) is 31.0 Å². The first-order valence-electron chi connectivity index (χ1n) is 7.90. The second-order valence-corrected chi connectivity index (χ2v) is 6.80. The van der Waals surface area contributed by atoms with Gasteiger partial charge < -0.3 is 5.32 Å². The van der Waals surface area contributed by atoms with Crippen molar-refractivity contribution in [1.82, 2.24) is 10.2 Å². The third-order valence-electron chi connectivity index (χ3n) is 4.60. The van der Waals surface area contributed by atoms with Crippen molar-refractivity contribution in [2.24, 2.45) is 0 Å². The molecule has 0 radical (unpaired) electrons. The molecule has 0 saturated carbocycles. The summed E-state index contributed by atoms with van der Waals surface area (Å²) in [5.74, 6) is -0.324. The van der Waals surface area contributed by atoms with Crippen LogP contribution in [0.1, 0.15) is 45.6 Å². The molecule has 1 fully saturated rings. The Morgan fingerprint density at radius 1 is 1.43 bits per heavy atom. The van der Waals surface area contributed by atoms with Crippen molar-refractivity contribution in [2.45, 2.75) is 58.2 Å². The summed E-state index contributed by atoms with van der Waals surface area (Å²) >= 11 is 5.77. The Balaban J connectivity index is 2.13. The lowest BCUT2D eigenvalue weighted by atomic mass is 9.92. The Labute approximate surface area is 132 Å². The van der Waals surface area contributed by atoms with Gasteiger partial charge in [-0.25, -0.2) is 4.39 Å². The summed E-state index contributed by atoms with van der Waals surface area (Å²) < 4.78 is 13.6. The molecule has 1 aromatic rings. The number of rotatable bonds is 5. The van der Waals surface area contributed by atoms with E-state index in [1.807, 2.05) is 6.07 Å². The van der Waals surface area contributed by atoms with Crippen LogP contribution in [0.15, 0.2) is 18.2 Å². The van der Waals surface area contributed by atoms with Crippen LogP contribution in [0.5, 0.6) is 0 Å². The second-order valence-electron chi connectivity index (χ2n) is 6.39. The lowest BCUT2D eigenvalue weighted by Crippen LogP contribution is -2.62. The average molecular weight is 313 g/mol. The van der Waals surface area contributed by atoms with Crippen molar-refractivity contribution in [2.75, 3.05) is 13.1 Å². The summed E-state index contributed by atoms with van der Waals surface area (Å²) in [6.45, 7) is 9.49. The molecule has 1 aliphatic heterocycles. The number of piperazine rings is 1. The van der Waals surface area contributed by atoms with Gasteiger partial charge in [0.1, 0.15) is 5.82 Å². The predicted octanol–water partition coefficient (Wildman–Crippen LogP) is 4.22. The first-order valence-corrected chi connectivity index (χ1v) is 8.28. The van der Waals surface area contributed by atoms with Gasteiger partial charge in [-0.2, -0.15) is 0 Å². The van der Waals surface area contributed by atoms with Crippen molar-refractivity contribution in [3.05, 3.63) is 34.6 Å². The molecule has 21 heavy (non-hydrogen) atoms. The van der Waals surface area contributed by atoms with E-state index in [1.165, 1.54) is 12.8 Å². The molecule has 1 heterocycles. The molecule has 2 atom stereocenters. The van der Waals surface area contributed by atoms with Crippen LogP contribution >= 0.6 is 11.6 Å². The predicted molar refractivity (Wildman–Crippen MR) is 87.2 cm³/mol. The van der Waals surface area contributed by atoms with E-state index in [9.17, 15) is 4.39 Å². The Hall–Kier alpha value is -0.640. The SMILES string of the molecule is CCCC1CNC(C)(CC)CN1Cc1ccc(Cl)c(F)c1. The van der Waals surface area contributed by atoms with Crippen LogP contribution in [-0.4, -0.2) is 29.6 Å². The molecule has 1 saturated heterocycles. The standard InChI is InChI=1S/C17H26ClFN2/c1-4-6-14-10-20-17(3,5-2)12-21(14)11-13-7-8-15(18)16(19)9-13/h7-9,14,20H,4-6,10-12H2,1-3H3. The fourth-order valence-electron chi connectivity index (χ4n) is 3.04. The zero-order valence-corrected chi connectivity index (χ0v) is 14.0. The Morgan fingerprint density at radius 3 is 2.81 bits per heavy atom. The molecule has 1 N–H and O–H groups in total. The normalized spacial score (nSPS) is 27.0. The summed E-state index contributed by atoms with van der Waals surface area (Å²) in [7, 11) is 0. The fraction of sp³-hybridized carbons (Fsp3) is 0.647. The van der Waals surface area contributed by atoms with Gasteiger partial charge in [-0.3, -0.25) is 4.90 Å². The highest BCUT2D eigenvalue weighted by molar-refractivity contribution is 6.30. The summed E-state index contributed by atoms with van der Waals surface area (Å²) in [6, 6.07) is 5.67. The molecule has 0 amide bonds. The molecule has 1 aliphatic rings. The van der Waals surface area contributed by atoms with E-state index in [-0.39, 0.29) is 16.4 Å². The Morgan fingerprint density at radius 2 is 2.19 bits per heavy atom. The van der Waals surface area contributed by atoms with Gasteiger partial charge in [0.15, 0.2) is 0 Å². The van der Waals surface area contributed by atoms with Gasteiger partial charge in [0.2, 0.25) is 0 Å². The Kier molecular flexibility index (Phi) is 5.64. The number of nitrogens with zero attached hydrogens (tertiary/aromatic N) is 1. The van der Waals surface area contributed by atoms with Crippen LogP contribution in [0.3, 0.4) is 0 Å². The maximum atomic E-state index is 13.6. The van der Waals surface area contributed by atoms with E-state index in [1.54, 1.807) is 12.1 Å². The smallest absolute Gasteiger partial charge is 0.142 e. The molecule has 0 spiro atoms. The van der Waals surface area contributed by atoms with Crippen molar-refractivity contribution in [1.29, 1.82) is 0 Å². The van der Waals surface area contributed by atoms with Crippen LogP contribution in [-0.2, 0) is 6.54 Å². The van der Waals surface area contributed by atoms with Gasteiger partial charge in [-0.1, -0.05) is 37.9 Å². The van der Waals surface area contributed by atoms with E-state index < -0.39 is 0 Å². The van der Waals surface area contributed by atoms with Crippen LogP contribution in [0.4, 0.5) is 4.39 Å². The minimum absolute atomic E-state index is 0.148. The lowest BCUT2D eigenvalue weighted by molar-refractivity contribution is 0.0725. The van der Waals surface area contributed by atoms with E-state index in [0.29, 0.717) is 6.04 Å². The lowest BCUT2D eigenvalue weighted by Gasteiger charge is -2.46. The fourth-order valence-corrected chi connectivity index (χ4v) is 3.16. The number of halogens is 2. The molecule has 4 heteroatoms. The Bertz CT molecular complexity index is 480. The molecule has 1 aromatic carbocycles. The van der Waals surface area contributed by atoms with Gasteiger partial charge >= 0.3 is 0 Å². The van der Waals surface area contributed by atoms with Gasteiger partial charge in [0.05, 0.1) is 5.02 Å². The summed E-state index contributed by atoms with van der Waals surface area (Å²) in [4.78, 5) is 2.49. The minimum atomic E-state index is -0.324. The molecule has 2 nitrogen and oxygen atoms in total.